The van der Waals surface area contributed by atoms with Gasteiger partial charge in [0, 0.05) is 18.7 Å². The van der Waals surface area contributed by atoms with Crippen molar-refractivity contribution in [2.24, 2.45) is 0 Å². The molecule has 2 rings (SSSR count). The van der Waals surface area contributed by atoms with Crippen molar-refractivity contribution in [1.82, 2.24) is 10.1 Å². The molecule has 1 aliphatic rings. The fourth-order valence-corrected chi connectivity index (χ4v) is 2.18. The highest BCUT2D eigenvalue weighted by Gasteiger charge is 2.34. The average molecular weight is 238 g/mol. The second-order valence-electron chi connectivity index (χ2n) is 5.04. The molecule has 1 amide bonds. The van der Waals surface area contributed by atoms with E-state index in [0.29, 0.717) is 31.7 Å². The number of nitrogens with zero attached hydrogens (tertiary/aromatic N) is 2. The summed E-state index contributed by atoms with van der Waals surface area (Å²) in [4.78, 5) is 13.8. The maximum atomic E-state index is 12.1. The lowest BCUT2D eigenvalue weighted by atomic mass is 10.1. The summed E-state index contributed by atoms with van der Waals surface area (Å²) in [5, 5.41) is 13.7. The molecule has 5 heteroatoms. The largest absolute Gasteiger partial charge is 0.388 e. The van der Waals surface area contributed by atoms with Gasteiger partial charge in [-0.1, -0.05) is 5.16 Å². The maximum absolute atomic E-state index is 12.1. The van der Waals surface area contributed by atoms with E-state index in [1.165, 1.54) is 0 Å². The minimum atomic E-state index is -0.742. The van der Waals surface area contributed by atoms with Crippen LogP contribution in [0.2, 0.25) is 0 Å². The number of amides is 1. The summed E-state index contributed by atoms with van der Waals surface area (Å²) >= 11 is 0. The molecule has 5 nitrogen and oxygen atoms in total. The Morgan fingerprint density at radius 3 is 2.76 bits per heavy atom. The second kappa shape index (κ2) is 4.14. The van der Waals surface area contributed by atoms with Crippen LogP contribution in [0.1, 0.15) is 30.4 Å². The molecule has 1 aliphatic heterocycles. The number of aliphatic hydroxyl groups is 1. The van der Waals surface area contributed by atoms with Crippen molar-refractivity contribution < 1.29 is 14.4 Å². The third-order valence-corrected chi connectivity index (χ3v) is 3.31. The van der Waals surface area contributed by atoms with E-state index in [2.05, 4.69) is 5.16 Å². The molecule has 1 saturated heterocycles. The van der Waals surface area contributed by atoms with Crippen molar-refractivity contribution in [3.63, 3.8) is 0 Å². The number of aryl methyl sites for hydroxylation is 2. The van der Waals surface area contributed by atoms with Gasteiger partial charge in [-0.05, 0) is 27.2 Å². The number of carbonyl (C=O) groups is 1. The molecule has 17 heavy (non-hydrogen) atoms. The van der Waals surface area contributed by atoms with E-state index in [1.807, 2.05) is 13.8 Å². The van der Waals surface area contributed by atoms with Crippen LogP contribution in [0.25, 0.3) is 0 Å². The van der Waals surface area contributed by atoms with Crippen molar-refractivity contribution in [1.29, 1.82) is 0 Å². The smallest absolute Gasteiger partial charge is 0.227 e. The number of likely N-dealkylation sites (tertiary alicyclic amines) is 1. The van der Waals surface area contributed by atoms with Crippen molar-refractivity contribution in [3.8, 4) is 0 Å². The third kappa shape index (κ3) is 2.49. The summed E-state index contributed by atoms with van der Waals surface area (Å²) in [5.41, 5.74) is 0.886. The minimum absolute atomic E-state index is 0.0252. The van der Waals surface area contributed by atoms with Gasteiger partial charge in [-0.25, -0.2) is 0 Å². The summed E-state index contributed by atoms with van der Waals surface area (Å²) in [5.74, 6) is 0.721. The Kier molecular flexibility index (Phi) is 2.95. The zero-order valence-electron chi connectivity index (χ0n) is 10.5. The third-order valence-electron chi connectivity index (χ3n) is 3.31. The molecule has 0 radical (unpaired) electrons. The number of carbonyl (C=O) groups excluding carboxylic acids is 1. The quantitative estimate of drug-likeness (QED) is 0.828. The molecule has 94 valence electrons. The van der Waals surface area contributed by atoms with Gasteiger partial charge in [-0.3, -0.25) is 4.79 Å². The number of rotatable bonds is 2. The van der Waals surface area contributed by atoms with E-state index in [0.717, 1.165) is 11.3 Å². The van der Waals surface area contributed by atoms with Gasteiger partial charge in [0.1, 0.15) is 5.76 Å². The van der Waals surface area contributed by atoms with Crippen LogP contribution in [-0.2, 0) is 11.2 Å². The molecule has 1 fully saturated rings. The molecule has 1 unspecified atom stereocenters. The first-order valence-corrected chi connectivity index (χ1v) is 5.81. The Hall–Kier alpha value is -1.36. The lowest BCUT2D eigenvalue weighted by molar-refractivity contribution is -0.130. The van der Waals surface area contributed by atoms with E-state index < -0.39 is 5.60 Å². The Labute approximate surface area is 100 Å². The monoisotopic (exact) mass is 238 g/mol. The maximum Gasteiger partial charge on any atom is 0.227 e. The van der Waals surface area contributed by atoms with E-state index in [9.17, 15) is 9.90 Å². The number of hydrogen-bond donors (Lipinski definition) is 1. The van der Waals surface area contributed by atoms with Gasteiger partial charge >= 0.3 is 0 Å². The summed E-state index contributed by atoms with van der Waals surface area (Å²) in [7, 11) is 0. The Balaban J connectivity index is 2.03. The van der Waals surface area contributed by atoms with Gasteiger partial charge in [0.15, 0.2) is 0 Å². The van der Waals surface area contributed by atoms with Crippen molar-refractivity contribution >= 4 is 5.91 Å². The van der Waals surface area contributed by atoms with Gasteiger partial charge in [0.05, 0.1) is 17.7 Å². The summed E-state index contributed by atoms with van der Waals surface area (Å²) in [6, 6.07) is 0. The molecular formula is C12H18N2O3. The first-order valence-electron chi connectivity index (χ1n) is 5.81. The molecule has 1 aromatic heterocycles. The number of aromatic nitrogens is 1. The van der Waals surface area contributed by atoms with Gasteiger partial charge in [-0.2, -0.15) is 0 Å². The van der Waals surface area contributed by atoms with E-state index in [-0.39, 0.29) is 5.91 Å². The standard InChI is InChI=1S/C12H18N2O3/c1-8-10(9(2)17-13-8)6-11(15)14-5-4-12(3,16)7-14/h16H,4-7H2,1-3H3. The molecule has 2 heterocycles. The number of hydrogen-bond acceptors (Lipinski definition) is 4. The van der Waals surface area contributed by atoms with Gasteiger partial charge in [0.25, 0.3) is 0 Å². The van der Waals surface area contributed by atoms with Crippen LogP contribution in [0, 0.1) is 13.8 Å². The topological polar surface area (TPSA) is 66.6 Å². The fraction of sp³-hybridized carbons (Fsp3) is 0.667. The predicted octanol–water partition coefficient (Wildman–Crippen LogP) is 0.817. The van der Waals surface area contributed by atoms with Crippen LogP contribution in [0.5, 0.6) is 0 Å². The Morgan fingerprint density at radius 1 is 1.59 bits per heavy atom. The SMILES string of the molecule is Cc1noc(C)c1CC(=O)N1CCC(C)(O)C1. The fourth-order valence-electron chi connectivity index (χ4n) is 2.18. The normalized spacial score (nSPS) is 24.4. The van der Waals surface area contributed by atoms with Crippen LogP contribution in [0.3, 0.4) is 0 Å². The van der Waals surface area contributed by atoms with Crippen molar-refractivity contribution in [2.45, 2.75) is 39.2 Å². The summed E-state index contributed by atoms with van der Waals surface area (Å²) in [6.07, 6.45) is 0.942. The number of β-amino-alcohol motifs (C(OH)–C–C–N with tert-alkyl or cyclic N) is 1. The first kappa shape index (κ1) is 12.1. The molecule has 0 bridgehead atoms. The zero-order chi connectivity index (χ0) is 12.6. The van der Waals surface area contributed by atoms with Crippen LogP contribution >= 0.6 is 0 Å². The average Bonchev–Trinajstić information content (AvgIpc) is 2.75. The van der Waals surface area contributed by atoms with Crippen molar-refractivity contribution in [3.05, 3.63) is 17.0 Å². The van der Waals surface area contributed by atoms with Gasteiger partial charge in [-0.15, -0.1) is 0 Å². The van der Waals surface area contributed by atoms with Gasteiger partial charge < -0.3 is 14.5 Å². The summed E-state index contributed by atoms with van der Waals surface area (Å²) in [6.45, 7) is 6.43. The molecule has 1 aromatic rings. The lowest BCUT2D eigenvalue weighted by Gasteiger charge is -2.18. The molecule has 0 saturated carbocycles. The molecule has 0 aliphatic carbocycles. The Bertz CT molecular complexity index is 417. The highest BCUT2D eigenvalue weighted by molar-refractivity contribution is 5.79. The molecular weight excluding hydrogens is 220 g/mol. The summed E-state index contributed by atoms with van der Waals surface area (Å²) < 4.78 is 5.03. The lowest BCUT2D eigenvalue weighted by Crippen LogP contribution is -2.34. The molecule has 0 aromatic carbocycles. The highest BCUT2D eigenvalue weighted by atomic mass is 16.5. The van der Waals surface area contributed by atoms with E-state index >= 15 is 0 Å². The second-order valence-corrected chi connectivity index (χ2v) is 5.04. The van der Waals surface area contributed by atoms with Crippen molar-refractivity contribution in [2.75, 3.05) is 13.1 Å². The molecule has 1 atom stereocenters. The zero-order valence-corrected chi connectivity index (χ0v) is 10.5. The highest BCUT2D eigenvalue weighted by Crippen LogP contribution is 2.22. The van der Waals surface area contributed by atoms with Gasteiger partial charge in [0.2, 0.25) is 5.91 Å². The van der Waals surface area contributed by atoms with E-state index in [4.69, 9.17) is 4.52 Å². The first-order chi connectivity index (χ1) is 7.89. The van der Waals surface area contributed by atoms with Crippen LogP contribution in [-0.4, -0.2) is 39.8 Å². The van der Waals surface area contributed by atoms with E-state index in [1.54, 1.807) is 11.8 Å². The Morgan fingerprint density at radius 2 is 2.29 bits per heavy atom. The molecule has 1 N–H and O–H groups in total. The van der Waals surface area contributed by atoms with Crippen LogP contribution in [0.15, 0.2) is 4.52 Å². The molecule has 0 spiro atoms. The van der Waals surface area contributed by atoms with Crippen LogP contribution < -0.4 is 0 Å². The predicted molar refractivity (Wildman–Crippen MR) is 61.5 cm³/mol. The van der Waals surface area contributed by atoms with Crippen LogP contribution in [0.4, 0.5) is 0 Å². The minimum Gasteiger partial charge on any atom is -0.388 e.